The maximum Gasteiger partial charge on any atom is 0.0801 e. The molecule has 0 amide bonds. The van der Waals surface area contributed by atoms with E-state index in [0.717, 1.165) is 18.7 Å². The highest BCUT2D eigenvalue weighted by atomic mass is 15.4. The highest BCUT2D eigenvalue weighted by Gasteiger charge is 2.17. The molecule has 1 heterocycles. The van der Waals surface area contributed by atoms with E-state index in [4.69, 9.17) is 0 Å². The van der Waals surface area contributed by atoms with Gasteiger partial charge in [-0.1, -0.05) is 41.5 Å². The molecule has 4 heteroatoms. The summed E-state index contributed by atoms with van der Waals surface area (Å²) in [6, 6.07) is 6.77. The Balaban J connectivity index is 2.40. The molecule has 1 unspecified atom stereocenters. The lowest BCUT2D eigenvalue weighted by molar-refractivity contribution is 0.523. The second-order valence-corrected chi connectivity index (χ2v) is 5.02. The molecule has 0 aliphatic heterocycles. The van der Waals surface area contributed by atoms with Gasteiger partial charge in [-0.2, -0.15) is 0 Å². The summed E-state index contributed by atoms with van der Waals surface area (Å²) in [4.78, 5) is 0. The molecule has 1 N–H and O–H groups in total. The molecule has 102 valence electrons. The second kappa shape index (κ2) is 5.97. The lowest BCUT2D eigenvalue weighted by Gasteiger charge is -2.18. The average Bonchev–Trinajstić information content (AvgIpc) is 2.78. The Morgan fingerprint density at radius 1 is 1.21 bits per heavy atom. The SMILES string of the molecule is CCCn1nncc1C(NC)c1cc(C)cc(C)c1. The largest absolute Gasteiger partial charge is 0.308 e. The van der Waals surface area contributed by atoms with Crippen molar-refractivity contribution >= 4 is 0 Å². The Kier molecular flexibility index (Phi) is 4.32. The van der Waals surface area contributed by atoms with Crippen LogP contribution in [0.2, 0.25) is 0 Å². The van der Waals surface area contributed by atoms with Crippen LogP contribution in [0, 0.1) is 13.8 Å². The topological polar surface area (TPSA) is 42.7 Å². The lowest BCUT2D eigenvalue weighted by atomic mass is 9.99. The first-order valence-electron chi connectivity index (χ1n) is 6.79. The van der Waals surface area contributed by atoms with Gasteiger partial charge in [-0.15, -0.1) is 5.10 Å². The van der Waals surface area contributed by atoms with Gasteiger partial charge in [0.2, 0.25) is 0 Å². The molecule has 2 aromatic rings. The summed E-state index contributed by atoms with van der Waals surface area (Å²) in [7, 11) is 1.98. The third-order valence-corrected chi connectivity index (χ3v) is 3.24. The molecule has 0 bridgehead atoms. The van der Waals surface area contributed by atoms with Crippen molar-refractivity contribution in [3.05, 3.63) is 46.8 Å². The van der Waals surface area contributed by atoms with E-state index in [0.29, 0.717) is 0 Å². The number of rotatable bonds is 5. The van der Waals surface area contributed by atoms with Crippen molar-refractivity contribution in [1.29, 1.82) is 0 Å². The van der Waals surface area contributed by atoms with Crippen LogP contribution in [0.1, 0.15) is 41.8 Å². The van der Waals surface area contributed by atoms with Gasteiger partial charge in [0.15, 0.2) is 0 Å². The van der Waals surface area contributed by atoms with Crippen molar-refractivity contribution in [2.45, 2.75) is 39.8 Å². The van der Waals surface area contributed by atoms with Crippen molar-refractivity contribution in [2.75, 3.05) is 7.05 Å². The highest BCUT2D eigenvalue weighted by Crippen LogP contribution is 2.23. The van der Waals surface area contributed by atoms with Crippen molar-refractivity contribution in [3.8, 4) is 0 Å². The van der Waals surface area contributed by atoms with Crippen molar-refractivity contribution < 1.29 is 0 Å². The van der Waals surface area contributed by atoms with E-state index in [9.17, 15) is 0 Å². The minimum absolute atomic E-state index is 0.139. The molecule has 0 radical (unpaired) electrons. The molecule has 0 saturated heterocycles. The number of aromatic nitrogens is 3. The van der Waals surface area contributed by atoms with Gasteiger partial charge in [-0.05, 0) is 32.9 Å². The molecule has 0 aliphatic carbocycles. The zero-order valence-electron chi connectivity index (χ0n) is 12.1. The van der Waals surface area contributed by atoms with E-state index in [1.165, 1.54) is 16.7 Å². The number of benzene rings is 1. The molecule has 0 spiro atoms. The van der Waals surface area contributed by atoms with Crippen LogP contribution in [-0.4, -0.2) is 22.0 Å². The maximum atomic E-state index is 4.17. The van der Waals surface area contributed by atoms with E-state index in [2.05, 4.69) is 54.6 Å². The summed E-state index contributed by atoms with van der Waals surface area (Å²) in [5.41, 5.74) is 4.95. The zero-order valence-corrected chi connectivity index (χ0v) is 12.1. The van der Waals surface area contributed by atoms with Gasteiger partial charge in [0, 0.05) is 6.54 Å². The normalized spacial score (nSPS) is 12.6. The fourth-order valence-electron chi connectivity index (χ4n) is 2.54. The Hall–Kier alpha value is -1.68. The molecule has 0 saturated carbocycles. The standard InChI is InChI=1S/C15H22N4/c1-5-6-19-14(10-17-18-19)15(16-4)13-8-11(2)7-12(3)9-13/h7-10,15-16H,5-6H2,1-4H3. The number of hydrogen-bond donors (Lipinski definition) is 1. The molecule has 0 fully saturated rings. The van der Waals surface area contributed by atoms with Crippen LogP contribution in [0.25, 0.3) is 0 Å². The van der Waals surface area contributed by atoms with E-state index >= 15 is 0 Å². The van der Waals surface area contributed by atoms with Crippen LogP contribution in [0.15, 0.2) is 24.4 Å². The summed E-state index contributed by atoms with van der Waals surface area (Å²) in [6.07, 6.45) is 2.91. The van der Waals surface area contributed by atoms with E-state index in [-0.39, 0.29) is 6.04 Å². The predicted molar refractivity (Wildman–Crippen MR) is 77.1 cm³/mol. The van der Waals surface area contributed by atoms with Crippen LogP contribution in [0.4, 0.5) is 0 Å². The third kappa shape index (κ3) is 3.01. The molecule has 1 atom stereocenters. The molecule has 4 nitrogen and oxygen atoms in total. The molecule has 1 aromatic heterocycles. The maximum absolute atomic E-state index is 4.17. The van der Waals surface area contributed by atoms with Gasteiger partial charge in [-0.25, -0.2) is 4.68 Å². The third-order valence-electron chi connectivity index (χ3n) is 3.24. The van der Waals surface area contributed by atoms with Gasteiger partial charge in [0.05, 0.1) is 17.9 Å². The summed E-state index contributed by atoms with van der Waals surface area (Å²) < 4.78 is 1.98. The second-order valence-electron chi connectivity index (χ2n) is 5.02. The molecule has 0 aliphatic rings. The van der Waals surface area contributed by atoms with E-state index in [1.54, 1.807) is 0 Å². The van der Waals surface area contributed by atoms with Crippen molar-refractivity contribution in [3.63, 3.8) is 0 Å². The quantitative estimate of drug-likeness (QED) is 0.896. The molecular formula is C15H22N4. The van der Waals surface area contributed by atoms with Gasteiger partial charge in [0.25, 0.3) is 0 Å². The van der Waals surface area contributed by atoms with Crippen LogP contribution in [-0.2, 0) is 6.54 Å². The van der Waals surface area contributed by atoms with Gasteiger partial charge in [0.1, 0.15) is 0 Å². The first-order chi connectivity index (χ1) is 9.15. The van der Waals surface area contributed by atoms with E-state index < -0.39 is 0 Å². The monoisotopic (exact) mass is 258 g/mol. The van der Waals surface area contributed by atoms with Gasteiger partial charge < -0.3 is 5.32 Å². The van der Waals surface area contributed by atoms with Crippen LogP contribution >= 0.6 is 0 Å². The van der Waals surface area contributed by atoms with Crippen molar-refractivity contribution in [1.82, 2.24) is 20.3 Å². The molecular weight excluding hydrogens is 236 g/mol. The zero-order chi connectivity index (χ0) is 13.8. The smallest absolute Gasteiger partial charge is 0.0801 e. The Morgan fingerprint density at radius 2 is 1.89 bits per heavy atom. The first-order valence-corrected chi connectivity index (χ1v) is 6.79. The summed E-state index contributed by atoms with van der Waals surface area (Å²) in [5, 5.41) is 11.6. The summed E-state index contributed by atoms with van der Waals surface area (Å²) in [6.45, 7) is 7.31. The average molecular weight is 258 g/mol. The van der Waals surface area contributed by atoms with Gasteiger partial charge in [-0.3, -0.25) is 0 Å². The number of aryl methyl sites for hydroxylation is 3. The highest BCUT2D eigenvalue weighted by molar-refractivity contribution is 5.34. The minimum Gasteiger partial charge on any atom is -0.308 e. The number of nitrogens with zero attached hydrogens (tertiary/aromatic N) is 3. The van der Waals surface area contributed by atoms with Crippen molar-refractivity contribution in [2.24, 2.45) is 0 Å². The Labute approximate surface area is 114 Å². The van der Waals surface area contributed by atoms with Crippen LogP contribution in [0.5, 0.6) is 0 Å². The fourth-order valence-corrected chi connectivity index (χ4v) is 2.54. The first kappa shape index (κ1) is 13.7. The molecule has 1 aromatic carbocycles. The van der Waals surface area contributed by atoms with E-state index in [1.807, 2.05) is 17.9 Å². The summed E-state index contributed by atoms with van der Waals surface area (Å²) >= 11 is 0. The molecule has 19 heavy (non-hydrogen) atoms. The van der Waals surface area contributed by atoms with Crippen LogP contribution in [0.3, 0.4) is 0 Å². The lowest BCUT2D eigenvalue weighted by Crippen LogP contribution is -2.22. The minimum atomic E-state index is 0.139. The Morgan fingerprint density at radius 3 is 2.47 bits per heavy atom. The fraction of sp³-hybridized carbons (Fsp3) is 0.467. The van der Waals surface area contributed by atoms with Gasteiger partial charge >= 0.3 is 0 Å². The number of hydrogen-bond acceptors (Lipinski definition) is 3. The summed E-state index contributed by atoms with van der Waals surface area (Å²) in [5.74, 6) is 0. The number of nitrogens with one attached hydrogen (secondary N) is 1. The predicted octanol–water partition coefficient (Wildman–Crippen LogP) is 2.61. The Bertz CT molecular complexity index is 525. The molecule has 2 rings (SSSR count). The van der Waals surface area contributed by atoms with Crippen LogP contribution < -0.4 is 5.32 Å².